The van der Waals surface area contributed by atoms with Crippen molar-refractivity contribution < 1.29 is 4.79 Å². The molecule has 5 heteroatoms. The van der Waals surface area contributed by atoms with Gasteiger partial charge in [-0.2, -0.15) is 0 Å². The van der Waals surface area contributed by atoms with Crippen LogP contribution in [0.3, 0.4) is 0 Å². The lowest BCUT2D eigenvalue weighted by atomic mass is 9.96. The number of imidazole rings is 1. The molecule has 2 aromatic rings. The summed E-state index contributed by atoms with van der Waals surface area (Å²) in [5.74, 6) is 0.351. The summed E-state index contributed by atoms with van der Waals surface area (Å²) in [6.45, 7) is 1.87. The SMILES string of the molecule is CN(C(=O)C1CCNCC1)c1ccc2nc[nH]c2c1. The number of H-pyrrole nitrogens is 1. The topological polar surface area (TPSA) is 61.0 Å². The van der Waals surface area contributed by atoms with Crippen molar-refractivity contribution in [3.63, 3.8) is 0 Å². The van der Waals surface area contributed by atoms with Crippen LogP contribution < -0.4 is 10.2 Å². The number of anilines is 1. The van der Waals surface area contributed by atoms with E-state index in [1.165, 1.54) is 0 Å². The predicted octanol–water partition coefficient (Wildman–Crippen LogP) is 1.53. The van der Waals surface area contributed by atoms with E-state index in [1.54, 1.807) is 11.2 Å². The van der Waals surface area contributed by atoms with Crippen LogP contribution in [0.2, 0.25) is 0 Å². The highest BCUT2D eigenvalue weighted by Gasteiger charge is 2.24. The van der Waals surface area contributed by atoms with Crippen LogP contribution >= 0.6 is 0 Å². The van der Waals surface area contributed by atoms with Gasteiger partial charge in [0, 0.05) is 18.7 Å². The second kappa shape index (κ2) is 5.01. The number of hydrogen-bond donors (Lipinski definition) is 2. The highest BCUT2D eigenvalue weighted by atomic mass is 16.2. The third kappa shape index (κ3) is 2.33. The first-order chi connectivity index (χ1) is 9.25. The van der Waals surface area contributed by atoms with Crippen LogP contribution in [-0.2, 0) is 4.79 Å². The van der Waals surface area contributed by atoms with Crippen molar-refractivity contribution in [2.24, 2.45) is 5.92 Å². The van der Waals surface area contributed by atoms with Crippen LogP contribution in [-0.4, -0.2) is 36.0 Å². The summed E-state index contributed by atoms with van der Waals surface area (Å²) < 4.78 is 0. The molecule has 0 aliphatic carbocycles. The van der Waals surface area contributed by atoms with E-state index >= 15 is 0 Å². The van der Waals surface area contributed by atoms with Gasteiger partial charge in [-0.05, 0) is 44.1 Å². The zero-order valence-electron chi connectivity index (χ0n) is 11.0. The molecule has 1 fully saturated rings. The van der Waals surface area contributed by atoms with Gasteiger partial charge in [-0.15, -0.1) is 0 Å². The predicted molar refractivity (Wildman–Crippen MR) is 75.1 cm³/mol. The molecule has 2 heterocycles. The van der Waals surface area contributed by atoms with Crippen LogP contribution in [0.1, 0.15) is 12.8 Å². The second-order valence-corrected chi connectivity index (χ2v) is 5.03. The monoisotopic (exact) mass is 258 g/mol. The van der Waals surface area contributed by atoms with E-state index < -0.39 is 0 Å². The molecule has 0 radical (unpaired) electrons. The third-order valence-corrected chi connectivity index (χ3v) is 3.81. The molecule has 1 aliphatic rings. The first-order valence-electron chi connectivity index (χ1n) is 6.67. The fourth-order valence-electron chi connectivity index (χ4n) is 2.60. The van der Waals surface area contributed by atoms with Gasteiger partial charge in [-0.25, -0.2) is 4.98 Å². The fraction of sp³-hybridized carbons (Fsp3) is 0.429. The minimum Gasteiger partial charge on any atom is -0.345 e. The van der Waals surface area contributed by atoms with Crippen LogP contribution in [0.15, 0.2) is 24.5 Å². The number of rotatable bonds is 2. The molecule has 1 aromatic heterocycles. The van der Waals surface area contributed by atoms with Crippen molar-refractivity contribution in [3.05, 3.63) is 24.5 Å². The average molecular weight is 258 g/mol. The zero-order chi connectivity index (χ0) is 13.2. The van der Waals surface area contributed by atoms with E-state index in [-0.39, 0.29) is 11.8 Å². The molecule has 0 unspecified atom stereocenters. The molecule has 0 bridgehead atoms. The second-order valence-electron chi connectivity index (χ2n) is 5.03. The molecule has 1 amide bonds. The van der Waals surface area contributed by atoms with Crippen molar-refractivity contribution >= 4 is 22.6 Å². The Morgan fingerprint density at radius 1 is 1.37 bits per heavy atom. The maximum absolute atomic E-state index is 12.4. The Morgan fingerprint density at radius 3 is 2.95 bits per heavy atom. The summed E-state index contributed by atoms with van der Waals surface area (Å²) in [6.07, 6.45) is 3.52. The largest absolute Gasteiger partial charge is 0.345 e. The maximum atomic E-state index is 12.4. The van der Waals surface area contributed by atoms with Gasteiger partial charge in [-0.3, -0.25) is 4.79 Å². The Kier molecular flexibility index (Phi) is 3.21. The van der Waals surface area contributed by atoms with Crippen molar-refractivity contribution in [1.82, 2.24) is 15.3 Å². The Hall–Kier alpha value is -1.88. The molecule has 3 rings (SSSR count). The number of carbonyl (C=O) groups is 1. The fourth-order valence-corrected chi connectivity index (χ4v) is 2.60. The lowest BCUT2D eigenvalue weighted by molar-refractivity contribution is -0.122. The molecule has 2 N–H and O–H groups in total. The molecule has 1 aliphatic heterocycles. The summed E-state index contributed by atoms with van der Waals surface area (Å²) >= 11 is 0. The standard InChI is InChI=1S/C14H18N4O/c1-18(14(19)10-4-6-15-7-5-10)11-2-3-12-13(8-11)17-9-16-12/h2-3,8-10,15H,4-7H2,1H3,(H,16,17). The zero-order valence-corrected chi connectivity index (χ0v) is 11.0. The van der Waals surface area contributed by atoms with E-state index in [1.807, 2.05) is 25.2 Å². The minimum atomic E-state index is 0.142. The van der Waals surface area contributed by atoms with Crippen LogP contribution in [0, 0.1) is 5.92 Å². The summed E-state index contributed by atoms with van der Waals surface area (Å²) in [4.78, 5) is 21.5. The highest BCUT2D eigenvalue weighted by molar-refractivity contribution is 5.96. The normalized spacial score (nSPS) is 16.7. The number of benzene rings is 1. The summed E-state index contributed by atoms with van der Waals surface area (Å²) in [6, 6.07) is 5.86. The average Bonchev–Trinajstić information content (AvgIpc) is 2.94. The lowest BCUT2D eigenvalue weighted by Gasteiger charge is -2.27. The van der Waals surface area contributed by atoms with Crippen LogP contribution in [0.5, 0.6) is 0 Å². The van der Waals surface area contributed by atoms with E-state index in [4.69, 9.17) is 0 Å². The Labute approximate surface area is 112 Å². The molecule has 1 saturated heterocycles. The summed E-state index contributed by atoms with van der Waals surface area (Å²) in [5.41, 5.74) is 2.80. The molecule has 0 saturated carbocycles. The number of carbonyl (C=O) groups excluding carboxylic acids is 1. The quantitative estimate of drug-likeness (QED) is 0.858. The summed E-state index contributed by atoms with van der Waals surface area (Å²) in [5, 5.41) is 3.28. The number of aromatic amines is 1. The Balaban J connectivity index is 1.81. The number of amides is 1. The number of nitrogens with zero attached hydrogens (tertiary/aromatic N) is 2. The number of piperidine rings is 1. The van der Waals surface area contributed by atoms with E-state index in [0.29, 0.717) is 0 Å². The molecule has 5 nitrogen and oxygen atoms in total. The first-order valence-corrected chi connectivity index (χ1v) is 6.67. The molecule has 0 atom stereocenters. The van der Waals surface area contributed by atoms with Gasteiger partial charge < -0.3 is 15.2 Å². The molecule has 0 spiro atoms. The molecule has 100 valence electrons. The summed E-state index contributed by atoms with van der Waals surface area (Å²) in [7, 11) is 1.85. The van der Waals surface area contributed by atoms with Gasteiger partial charge in [0.25, 0.3) is 0 Å². The molecular formula is C14H18N4O. The minimum absolute atomic E-state index is 0.142. The van der Waals surface area contributed by atoms with Crippen molar-refractivity contribution in [2.75, 3.05) is 25.0 Å². The van der Waals surface area contributed by atoms with E-state index in [2.05, 4.69) is 15.3 Å². The highest BCUT2D eigenvalue weighted by Crippen LogP contribution is 2.22. The van der Waals surface area contributed by atoms with Crippen molar-refractivity contribution in [2.45, 2.75) is 12.8 Å². The van der Waals surface area contributed by atoms with Crippen LogP contribution in [0.4, 0.5) is 5.69 Å². The van der Waals surface area contributed by atoms with E-state index in [9.17, 15) is 4.79 Å². The van der Waals surface area contributed by atoms with Gasteiger partial charge in [0.1, 0.15) is 0 Å². The van der Waals surface area contributed by atoms with Gasteiger partial charge in [-0.1, -0.05) is 0 Å². The number of fused-ring (bicyclic) bond motifs is 1. The number of nitrogens with one attached hydrogen (secondary N) is 2. The first kappa shape index (κ1) is 12.2. The van der Waals surface area contributed by atoms with Crippen molar-refractivity contribution in [1.29, 1.82) is 0 Å². The molecule has 1 aromatic carbocycles. The Bertz CT molecular complexity index is 586. The Morgan fingerprint density at radius 2 is 2.16 bits per heavy atom. The van der Waals surface area contributed by atoms with Gasteiger partial charge >= 0.3 is 0 Å². The third-order valence-electron chi connectivity index (χ3n) is 3.81. The number of aromatic nitrogens is 2. The molecular weight excluding hydrogens is 240 g/mol. The van der Waals surface area contributed by atoms with Gasteiger partial charge in [0.2, 0.25) is 5.91 Å². The van der Waals surface area contributed by atoms with Crippen molar-refractivity contribution in [3.8, 4) is 0 Å². The van der Waals surface area contributed by atoms with Crippen LogP contribution in [0.25, 0.3) is 11.0 Å². The van der Waals surface area contributed by atoms with E-state index in [0.717, 1.165) is 42.7 Å². The smallest absolute Gasteiger partial charge is 0.229 e. The molecule has 19 heavy (non-hydrogen) atoms. The van der Waals surface area contributed by atoms with Gasteiger partial charge in [0.05, 0.1) is 17.4 Å². The maximum Gasteiger partial charge on any atom is 0.229 e. The lowest BCUT2D eigenvalue weighted by Crippen LogP contribution is -2.39. The number of hydrogen-bond acceptors (Lipinski definition) is 3. The van der Waals surface area contributed by atoms with Gasteiger partial charge in [0.15, 0.2) is 0 Å².